The molecule has 3 rings (SSSR count). The van der Waals surface area contributed by atoms with Crippen molar-refractivity contribution in [3.63, 3.8) is 0 Å². The van der Waals surface area contributed by atoms with Crippen molar-refractivity contribution in [2.45, 2.75) is 37.6 Å². The van der Waals surface area contributed by atoms with Crippen molar-refractivity contribution < 1.29 is 0 Å². The number of aromatic nitrogens is 4. The highest BCUT2D eigenvalue weighted by Gasteiger charge is 2.34. The second-order valence-electron chi connectivity index (χ2n) is 5.09. The number of aryl methyl sites for hydroxylation is 1. The molecule has 0 atom stereocenters. The van der Waals surface area contributed by atoms with Crippen LogP contribution < -0.4 is 5.73 Å². The van der Waals surface area contributed by atoms with Crippen LogP contribution in [0.1, 0.15) is 37.8 Å². The van der Waals surface area contributed by atoms with Crippen LogP contribution in [0.5, 0.6) is 0 Å². The molecular weight excluding hydrogens is 250 g/mol. The van der Waals surface area contributed by atoms with E-state index in [4.69, 9.17) is 17.3 Å². The first-order chi connectivity index (χ1) is 8.60. The van der Waals surface area contributed by atoms with E-state index in [9.17, 15) is 0 Å². The fourth-order valence-corrected chi connectivity index (χ4v) is 2.96. The number of nitrogens with two attached hydrogens (primary N) is 1. The van der Waals surface area contributed by atoms with Gasteiger partial charge in [-0.15, -0.1) is 0 Å². The van der Waals surface area contributed by atoms with Gasteiger partial charge in [0.25, 0.3) is 0 Å². The highest BCUT2D eigenvalue weighted by Crippen LogP contribution is 2.36. The molecule has 2 aromatic heterocycles. The molecule has 2 N–H and O–H groups in total. The lowest BCUT2D eigenvalue weighted by atomic mass is 9.79. The molecule has 0 aromatic carbocycles. The zero-order valence-corrected chi connectivity index (χ0v) is 11.1. The van der Waals surface area contributed by atoms with Crippen molar-refractivity contribution in [3.8, 4) is 0 Å². The van der Waals surface area contributed by atoms with Crippen molar-refractivity contribution in [2.75, 3.05) is 0 Å². The zero-order valence-electron chi connectivity index (χ0n) is 10.4. The Morgan fingerprint density at radius 2 is 2.00 bits per heavy atom. The third-order valence-electron chi connectivity index (χ3n) is 3.76. The van der Waals surface area contributed by atoms with Crippen molar-refractivity contribution >= 4 is 22.8 Å². The minimum absolute atomic E-state index is 0.228. The molecule has 1 aliphatic rings. The molecule has 0 unspecified atom stereocenters. The second-order valence-corrected chi connectivity index (χ2v) is 5.42. The molecule has 0 amide bonds. The predicted octanol–water partition coefficient (Wildman–Crippen LogP) is 2.13. The molecule has 0 radical (unpaired) electrons. The molecule has 1 fully saturated rings. The first-order valence-electron chi connectivity index (χ1n) is 6.24. The second kappa shape index (κ2) is 4.17. The molecule has 0 aliphatic heterocycles. The molecule has 1 aliphatic carbocycles. The molecule has 6 heteroatoms. The average Bonchev–Trinajstić information content (AvgIpc) is 2.71. The van der Waals surface area contributed by atoms with Gasteiger partial charge in [0.15, 0.2) is 5.65 Å². The lowest BCUT2D eigenvalue weighted by molar-refractivity contribution is 0.296. The number of halogens is 1. The highest BCUT2D eigenvalue weighted by molar-refractivity contribution is 6.28. The van der Waals surface area contributed by atoms with Gasteiger partial charge in [-0.2, -0.15) is 4.98 Å². The summed E-state index contributed by atoms with van der Waals surface area (Å²) in [7, 11) is 1.93. The van der Waals surface area contributed by atoms with Crippen molar-refractivity contribution in [3.05, 3.63) is 17.3 Å². The minimum atomic E-state index is -0.392. The Morgan fingerprint density at radius 1 is 1.28 bits per heavy atom. The van der Waals surface area contributed by atoms with E-state index in [0.29, 0.717) is 5.65 Å². The fourth-order valence-electron chi connectivity index (χ4n) is 2.80. The van der Waals surface area contributed by atoms with Crippen LogP contribution >= 0.6 is 11.6 Å². The average molecular weight is 266 g/mol. The Labute approximate surface area is 110 Å². The Hall–Kier alpha value is -1.20. The van der Waals surface area contributed by atoms with Crippen molar-refractivity contribution in [1.29, 1.82) is 0 Å². The standard InChI is InChI=1S/C12H16ClN5/c1-18-7-15-10-8(18)9(16-11(13)17-10)12(14)5-3-2-4-6-12/h7H,2-6,14H2,1H3. The lowest BCUT2D eigenvalue weighted by Crippen LogP contribution is -2.40. The van der Waals surface area contributed by atoms with E-state index < -0.39 is 5.54 Å². The highest BCUT2D eigenvalue weighted by atomic mass is 35.5. The molecule has 0 spiro atoms. The minimum Gasteiger partial charge on any atom is -0.331 e. The van der Waals surface area contributed by atoms with Crippen LogP contribution in [-0.4, -0.2) is 19.5 Å². The topological polar surface area (TPSA) is 69.6 Å². The van der Waals surface area contributed by atoms with Crippen LogP contribution in [0.15, 0.2) is 6.33 Å². The van der Waals surface area contributed by atoms with Crippen LogP contribution in [0.2, 0.25) is 5.28 Å². The Kier molecular flexibility index (Phi) is 2.75. The van der Waals surface area contributed by atoms with Crippen molar-refractivity contribution in [1.82, 2.24) is 19.5 Å². The van der Waals surface area contributed by atoms with E-state index in [1.807, 2.05) is 11.6 Å². The first kappa shape index (κ1) is 11.9. The van der Waals surface area contributed by atoms with Gasteiger partial charge >= 0.3 is 0 Å². The molecule has 5 nitrogen and oxygen atoms in total. The summed E-state index contributed by atoms with van der Waals surface area (Å²) in [5, 5.41) is 0.228. The lowest BCUT2D eigenvalue weighted by Gasteiger charge is -2.33. The summed E-state index contributed by atoms with van der Waals surface area (Å²) < 4.78 is 1.92. The van der Waals surface area contributed by atoms with E-state index in [2.05, 4.69) is 15.0 Å². The van der Waals surface area contributed by atoms with Crippen LogP contribution in [0.25, 0.3) is 11.2 Å². The third-order valence-corrected chi connectivity index (χ3v) is 3.93. The number of imidazole rings is 1. The van der Waals surface area contributed by atoms with Crippen LogP contribution in [-0.2, 0) is 12.6 Å². The normalized spacial score (nSPS) is 19.3. The van der Waals surface area contributed by atoms with Crippen LogP contribution in [0.4, 0.5) is 0 Å². The van der Waals surface area contributed by atoms with Gasteiger partial charge in [-0.3, -0.25) is 0 Å². The maximum absolute atomic E-state index is 6.55. The monoisotopic (exact) mass is 265 g/mol. The molecule has 1 saturated carbocycles. The van der Waals surface area contributed by atoms with Gasteiger partial charge in [0.2, 0.25) is 5.28 Å². The largest absolute Gasteiger partial charge is 0.331 e. The SMILES string of the molecule is Cn1cnc2nc(Cl)nc(C3(N)CCCCC3)c21. The molecule has 0 bridgehead atoms. The van der Waals surface area contributed by atoms with Crippen LogP contribution in [0, 0.1) is 0 Å². The van der Waals surface area contributed by atoms with Gasteiger partial charge in [-0.05, 0) is 24.4 Å². The number of hydrogen-bond donors (Lipinski definition) is 1. The maximum atomic E-state index is 6.55. The van der Waals surface area contributed by atoms with Gasteiger partial charge in [0.05, 0.1) is 17.6 Å². The molecule has 96 valence electrons. The van der Waals surface area contributed by atoms with E-state index >= 15 is 0 Å². The maximum Gasteiger partial charge on any atom is 0.224 e. The Morgan fingerprint density at radius 3 is 2.72 bits per heavy atom. The molecule has 2 heterocycles. The van der Waals surface area contributed by atoms with Gasteiger partial charge in [0, 0.05) is 7.05 Å². The summed E-state index contributed by atoms with van der Waals surface area (Å²) >= 11 is 5.99. The summed E-state index contributed by atoms with van der Waals surface area (Å²) in [5.74, 6) is 0. The van der Waals surface area contributed by atoms with E-state index in [1.165, 1.54) is 6.42 Å². The number of hydrogen-bond acceptors (Lipinski definition) is 4. The number of nitrogens with zero attached hydrogens (tertiary/aromatic N) is 4. The van der Waals surface area contributed by atoms with E-state index in [1.54, 1.807) is 6.33 Å². The summed E-state index contributed by atoms with van der Waals surface area (Å²) in [6.45, 7) is 0. The predicted molar refractivity (Wildman–Crippen MR) is 70.3 cm³/mol. The first-order valence-corrected chi connectivity index (χ1v) is 6.62. The van der Waals surface area contributed by atoms with Gasteiger partial charge < -0.3 is 10.3 Å². The quantitative estimate of drug-likeness (QED) is 0.802. The summed E-state index contributed by atoms with van der Waals surface area (Å²) in [5.41, 5.74) is 8.54. The molecule has 2 aromatic rings. The zero-order chi connectivity index (χ0) is 12.8. The fraction of sp³-hybridized carbons (Fsp3) is 0.583. The van der Waals surface area contributed by atoms with E-state index in [-0.39, 0.29) is 5.28 Å². The molecule has 0 saturated heterocycles. The third kappa shape index (κ3) is 1.78. The van der Waals surface area contributed by atoms with Crippen molar-refractivity contribution in [2.24, 2.45) is 12.8 Å². The summed E-state index contributed by atoms with van der Waals surface area (Å²) in [6.07, 6.45) is 7.13. The smallest absolute Gasteiger partial charge is 0.224 e. The number of rotatable bonds is 1. The molecule has 18 heavy (non-hydrogen) atoms. The van der Waals surface area contributed by atoms with Crippen LogP contribution in [0.3, 0.4) is 0 Å². The van der Waals surface area contributed by atoms with Gasteiger partial charge in [0.1, 0.15) is 5.52 Å². The van der Waals surface area contributed by atoms with Gasteiger partial charge in [-0.25, -0.2) is 9.97 Å². The van der Waals surface area contributed by atoms with E-state index in [0.717, 1.165) is 36.9 Å². The Balaban J connectivity index is 2.23. The Bertz CT molecular complexity index is 585. The summed E-state index contributed by atoms with van der Waals surface area (Å²) in [4.78, 5) is 12.8. The van der Waals surface area contributed by atoms with Gasteiger partial charge in [-0.1, -0.05) is 19.3 Å². The summed E-state index contributed by atoms with van der Waals surface area (Å²) in [6, 6.07) is 0. The number of fused-ring (bicyclic) bond motifs is 1. The molecular formula is C12H16ClN5.